The normalized spacial score (nSPS) is 11.0. The van der Waals surface area contributed by atoms with Crippen LogP contribution in [-0.2, 0) is 11.2 Å². The van der Waals surface area contributed by atoms with Gasteiger partial charge in [-0.05, 0) is 24.6 Å². The molecule has 100 valence electrons. The maximum atomic E-state index is 11.5. The lowest BCUT2D eigenvalue weighted by atomic mass is 10.3. The molecule has 0 aliphatic rings. The van der Waals surface area contributed by atoms with Crippen molar-refractivity contribution in [3.63, 3.8) is 0 Å². The molecule has 0 aromatic carbocycles. The van der Waals surface area contributed by atoms with E-state index in [-0.39, 0.29) is 5.91 Å². The summed E-state index contributed by atoms with van der Waals surface area (Å²) in [5.74, 6) is 0.849. The Hall–Kier alpha value is -1.59. The maximum absolute atomic E-state index is 11.5. The van der Waals surface area contributed by atoms with Crippen LogP contribution >= 0.6 is 22.9 Å². The van der Waals surface area contributed by atoms with Crippen molar-refractivity contribution in [1.82, 2.24) is 15.3 Å². The minimum atomic E-state index is -0.0935. The number of hydrogen-bond acceptors (Lipinski definition) is 3. The highest BCUT2D eigenvalue weighted by atomic mass is 35.5. The zero-order valence-corrected chi connectivity index (χ0v) is 11.8. The molecule has 4 nitrogen and oxygen atoms in total. The molecule has 6 heteroatoms. The van der Waals surface area contributed by atoms with Gasteiger partial charge in [-0.2, -0.15) is 0 Å². The zero-order chi connectivity index (χ0) is 13.5. The van der Waals surface area contributed by atoms with E-state index in [4.69, 9.17) is 11.6 Å². The monoisotopic (exact) mass is 295 g/mol. The standard InChI is InChI=1S/C13H14ClN3OS/c14-11-5-3-10(19-11)4-6-13(18)17-7-1-2-12-15-8-9-16-12/h3-6,8-9H,1-2,7H2,(H,15,16)(H,17,18)/b6-4+. The second-order valence-electron chi connectivity index (χ2n) is 3.91. The van der Waals surface area contributed by atoms with Crippen LogP contribution in [0.15, 0.2) is 30.6 Å². The second kappa shape index (κ2) is 7.11. The molecule has 2 rings (SSSR count). The van der Waals surface area contributed by atoms with Crippen molar-refractivity contribution >= 4 is 34.9 Å². The van der Waals surface area contributed by atoms with Crippen molar-refractivity contribution in [2.24, 2.45) is 0 Å². The minimum absolute atomic E-state index is 0.0935. The van der Waals surface area contributed by atoms with Crippen molar-refractivity contribution in [2.45, 2.75) is 12.8 Å². The number of amides is 1. The van der Waals surface area contributed by atoms with E-state index < -0.39 is 0 Å². The molecule has 0 spiro atoms. The molecule has 0 aliphatic carbocycles. The molecule has 0 fully saturated rings. The van der Waals surface area contributed by atoms with Crippen LogP contribution in [-0.4, -0.2) is 22.4 Å². The van der Waals surface area contributed by atoms with Gasteiger partial charge >= 0.3 is 0 Å². The number of thiophene rings is 1. The number of carbonyl (C=O) groups excluding carboxylic acids is 1. The van der Waals surface area contributed by atoms with E-state index in [1.165, 1.54) is 17.4 Å². The number of nitrogens with zero attached hydrogens (tertiary/aromatic N) is 1. The van der Waals surface area contributed by atoms with Crippen LogP contribution in [0.3, 0.4) is 0 Å². The number of carbonyl (C=O) groups is 1. The first-order chi connectivity index (χ1) is 9.24. The average Bonchev–Trinajstić information content (AvgIpc) is 3.03. The number of nitrogens with one attached hydrogen (secondary N) is 2. The van der Waals surface area contributed by atoms with Crippen molar-refractivity contribution < 1.29 is 4.79 Å². The Bertz CT molecular complexity index is 548. The van der Waals surface area contributed by atoms with Gasteiger partial charge in [0.05, 0.1) is 4.34 Å². The number of aromatic nitrogens is 2. The van der Waals surface area contributed by atoms with E-state index in [2.05, 4.69) is 15.3 Å². The molecular formula is C13H14ClN3OS. The number of rotatable bonds is 6. The molecule has 0 bridgehead atoms. The Kier molecular flexibility index (Phi) is 5.18. The third-order valence-electron chi connectivity index (χ3n) is 2.44. The summed E-state index contributed by atoms with van der Waals surface area (Å²) in [5, 5.41) is 2.83. The number of hydrogen-bond donors (Lipinski definition) is 2. The fourth-order valence-corrected chi connectivity index (χ4v) is 2.50. The van der Waals surface area contributed by atoms with E-state index in [1.807, 2.05) is 12.1 Å². The largest absolute Gasteiger partial charge is 0.353 e. The SMILES string of the molecule is O=C(/C=C/c1ccc(Cl)s1)NCCCc1ncc[nH]1. The Morgan fingerprint density at radius 3 is 3.11 bits per heavy atom. The van der Waals surface area contributed by atoms with E-state index in [9.17, 15) is 4.79 Å². The lowest BCUT2D eigenvalue weighted by Gasteiger charge is -2.00. The van der Waals surface area contributed by atoms with Gasteiger partial charge in [-0.25, -0.2) is 4.98 Å². The third-order valence-corrected chi connectivity index (χ3v) is 3.63. The Morgan fingerprint density at radius 2 is 2.42 bits per heavy atom. The fourth-order valence-electron chi connectivity index (χ4n) is 1.54. The summed E-state index contributed by atoms with van der Waals surface area (Å²) in [6.45, 7) is 0.634. The van der Waals surface area contributed by atoms with E-state index in [0.29, 0.717) is 6.54 Å². The molecule has 2 N–H and O–H groups in total. The lowest BCUT2D eigenvalue weighted by molar-refractivity contribution is -0.116. The van der Waals surface area contributed by atoms with E-state index >= 15 is 0 Å². The van der Waals surface area contributed by atoms with Gasteiger partial charge in [-0.15, -0.1) is 11.3 Å². The Morgan fingerprint density at radius 1 is 1.53 bits per heavy atom. The van der Waals surface area contributed by atoms with Crippen molar-refractivity contribution in [2.75, 3.05) is 6.54 Å². The summed E-state index contributed by atoms with van der Waals surface area (Å²) in [7, 11) is 0. The molecule has 19 heavy (non-hydrogen) atoms. The summed E-state index contributed by atoms with van der Waals surface area (Å²) in [6, 6.07) is 3.70. The molecule has 2 aromatic rings. The Labute approximate surface area is 120 Å². The number of aryl methyl sites for hydroxylation is 1. The van der Waals surface area contributed by atoms with Crippen LogP contribution in [0.5, 0.6) is 0 Å². The maximum Gasteiger partial charge on any atom is 0.244 e. The van der Waals surface area contributed by atoms with E-state index in [0.717, 1.165) is 27.9 Å². The van der Waals surface area contributed by atoms with E-state index in [1.54, 1.807) is 18.5 Å². The summed E-state index contributed by atoms with van der Waals surface area (Å²) in [6.07, 6.45) is 8.49. The minimum Gasteiger partial charge on any atom is -0.353 e. The first-order valence-corrected chi connectivity index (χ1v) is 7.13. The molecule has 0 unspecified atom stereocenters. The van der Waals surface area contributed by atoms with Gasteiger partial charge in [0.2, 0.25) is 5.91 Å². The molecule has 0 saturated heterocycles. The van der Waals surface area contributed by atoms with Crippen LogP contribution in [0.4, 0.5) is 0 Å². The number of aromatic amines is 1. The number of imidazole rings is 1. The van der Waals surface area contributed by atoms with Gasteiger partial charge in [0.25, 0.3) is 0 Å². The first kappa shape index (κ1) is 13.8. The molecule has 0 saturated carbocycles. The summed E-state index contributed by atoms with van der Waals surface area (Å²) < 4.78 is 0.721. The van der Waals surface area contributed by atoms with Crippen LogP contribution < -0.4 is 5.32 Å². The van der Waals surface area contributed by atoms with Crippen molar-refractivity contribution in [3.8, 4) is 0 Å². The van der Waals surface area contributed by atoms with Crippen LogP contribution in [0.1, 0.15) is 17.1 Å². The van der Waals surface area contributed by atoms with Gasteiger partial charge in [0.1, 0.15) is 5.82 Å². The highest BCUT2D eigenvalue weighted by molar-refractivity contribution is 7.17. The van der Waals surface area contributed by atoms with Gasteiger partial charge in [-0.3, -0.25) is 4.79 Å². The molecular weight excluding hydrogens is 282 g/mol. The van der Waals surface area contributed by atoms with Gasteiger partial charge in [0, 0.05) is 36.3 Å². The lowest BCUT2D eigenvalue weighted by Crippen LogP contribution is -2.22. The number of H-pyrrole nitrogens is 1. The molecule has 0 atom stereocenters. The highest BCUT2D eigenvalue weighted by Crippen LogP contribution is 2.22. The molecule has 0 aliphatic heterocycles. The van der Waals surface area contributed by atoms with Crippen molar-refractivity contribution in [3.05, 3.63) is 45.6 Å². The van der Waals surface area contributed by atoms with Crippen LogP contribution in [0.2, 0.25) is 4.34 Å². The molecule has 0 radical (unpaired) electrons. The summed E-state index contributed by atoms with van der Waals surface area (Å²) in [4.78, 5) is 19.6. The summed E-state index contributed by atoms with van der Waals surface area (Å²) >= 11 is 7.24. The van der Waals surface area contributed by atoms with Crippen LogP contribution in [0, 0.1) is 0 Å². The highest BCUT2D eigenvalue weighted by Gasteiger charge is 1.98. The fraction of sp³-hybridized carbons (Fsp3) is 0.231. The first-order valence-electron chi connectivity index (χ1n) is 5.93. The van der Waals surface area contributed by atoms with Crippen LogP contribution in [0.25, 0.3) is 6.08 Å². The quantitative estimate of drug-likeness (QED) is 0.636. The predicted molar refractivity (Wildman–Crippen MR) is 78.3 cm³/mol. The Balaban J connectivity index is 1.66. The zero-order valence-electron chi connectivity index (χ0n) is 10.2. The van der Waals surface area contributed by atoms with Crippen molar-refractivity contribution in [1.29, 1.82) is 0 Å². The predicted octanol–water partition coefficient (Wildman–Crippen LogP) is 2.89. The molecule has 1 amide bonds. The smallest absolute Gasteiger partial charge is 0.244 e. The third kappa shape index (κ3) is 4.89. The molecule has 2 heterocycles. The summed E-state index contributed by atoms with van der Waals surface area (Å²) in [5.41, 5.74) is 0. The average molecular weight is 296 g/mol. The molecule has 2 aromatic heterocycles. The van der Waals surface area contributed by atoms with Gasteiger partial charge in [0.15, 0.2) is 0 Å². The number of halogens is 1. The topological polar surface area (TPSA) is 57.8 Å². The van der Waals surface area contributed by atoms with Gasteiger partial charge < -0.3 is 10.3 Å². The second-order valence-corrected chi connectivity index (χ2v) is 5.65. The van der Waals surface area contributed by atoms with Gasteiger partial charge in [-0.1, -0.05) is 11.6 Å².